The Morgan fingerprint density at radius 3 is 2.94 bits per heavy atom. The largest absolute Gasteiger partial charge is 0.461 e. The van der Waals surface area contributed by atoms with Gasteiger partial charge in [-0.3, -0.25) is 4.98 Å². The minimum absolute atomic E-state index is 0.337. The molecule has 1 aromatic carbocycles. The van der Waals surface area contributed by atoms with E-state index in [0.717, 1.165) is 21.8 Å². The van der Waals surface area contributed by atoms with Crippen LogP contribution in [-0.2, 0) is 4.74 Å². The average molecular weight is 240 g/mol. The van der Waals surface area contributed by atoms with Gasteiger partial charge in [0.25, 0.3) is 0 Å². The van der Waals surface area contributed by atoms with Crippen molar-refractivity contribution in [1.29, 1.82) is 0 Å². The van der Waals surface area contributed by atoms with Crippen LogP contribution in [0.1, 0.15) is 17.4 Å². The number of esters is 1. The van der Waals surface area contributed by atoms with Crippen LogP contribution in [0, 0.1) is 0 Å². The van der Waals surface area contributed by atoms with Crippen molar-refractivity contribution >= 4 is 27.8 Å². The molecular weight excluding hydrogens is 228 g/mol. The van der Waals surface area contributed by atoms with Crippen molar-refractivity contribution in [1.82, 2.24) is 9.97 Å². The molecule has 0 spiro atoms. The SMILES string of the molecule is CCOC(=O)c1ccc2ccc3nccc3c2[nH]1. The van der Waals surface area contributed by atoms with E-state index in [9.17, 15) is 4.79 Å². The van der Waals surface area contributed by atoms with E-state index in [0.29, 0.717) is 12.3 Å². The Morgan fingerprint density at radius 1 is 1.28 bits per heavy atom. The molecule has 0 fully saturated rings. The second-order valence-corrected chi connectivity index (χ2v) is 4.00. The lowest BCUT2D eigenvalue weighted by molar-refractivity contribution is 0.0520. The summed E-state index contributed by atoms with van der Waals surface area (Å²) in [6, 6.07) is 9.53. The maximum Gasteiger partial charge on any atom is 0.354 e. The molecule has 3 aromatic rings. The van der Waals surface area contributed by atoms with Crippen LogP contribution in [0.25, 0.3) is 21.8 Å². The van der Waals surface area contributed by atoms with Crippen molar-refractivity contribution in [2.24, 2.45) is 0 Å². The number of benzene rings is 1. The third kappa shape index (κ3) is 1.62. The van der Waals surface area contributed by atoms with Crippen molar-refractivity contribution in [3.8, 4) is 0 Å². The molecule has 0 bridgehead atoms. The van der Waals surface area contributed by atoms with Gasteiger partial charge < -0.3 is 9.72 Å². The number of carbonyl (C=O) groups is 1. The number of nitrogens with one attached hydrogen (secondary N) is 1. The van der Waals surface area contributed by atoms with Gasteiger partial charge >= 0.3 is 5.97 Å². The molecule has 4 nitrogen and oxygen atoms in total. The minimum atomic E-state index is -0.337. The number of carbonyl (C=O) groups excluding carboxylic acids is 1. The number of hydrogen-bond donors (Lipinski definition) is 1. The lowest BCUT2D eigenvalue weighted by atomic mass is 10.1. The summed E-state index contributed by atoms with van der Waals surface area (Å²) in [6.45, 7) is 2.16. The van der Waals surface area contributed by atoms with E-state index in [2.05, 4.69) is 9.97 Å². The monoisotopic (exact) mass is 240 g/mol. The smallest absolute Gasteiger partial charge is 0.354 e. The van der Waals surface area contributed by atoms with Gasteiger partial charge in [-0.2, -0.15) is 0 Å². The van der Waals surface area contributed by atoms with E-state index < -0.39 is 0 Å². The number of fused-ring (bicyclic) bond motifs is 3. The van der Waals surface area contributed by atoms with Crippen LogP contribution in [-0.4, -0.2) is 22.5 Å². The van der Waals surface area contributed by atoms with Gasteiger partial charge in [0.05, 0.1) is 17.6 Å². The van der Waals surface area contributed by atoms with Gasteiger partial charge in [0.1, 0.15) is 5.69 Å². The van der Waals surface area contributed by atoms with Crippen molar-refractivity contribution in [2.75, 3.05) is 6.61 Å². The number of H-pyrrole nitrogens is 1. The number of pyridine rings is 1. The number of nitrogens with zero attached hydrogens (tertiary/aromatic N) is 1. The predicted octanol–water partition coefficient (Wildman–Crippen LogP) is 2.89. The summed E-state index contributed by atoms with van der Waals surface area (Å²) in [5.41, 5.74) is 2.29. The average Bonchev–Trinajstić information content (AvgIpc) is 2.87. The Kier molecular flexibility index (Phi) is 2.48. The minimum Gasteiger partial charge on any atom is -0.461 e. The Bertz CT molecular complexity index is 731. The quantitative estimate of drug-likeness (QED) is 0.701. The summed E-state index contributed by atoms with van der Waals surface area (Å²) >= 11 is 0. The molecule has 0 amide bonds. The molecule has 0 saturated heterocycles. The molecule has 0 aliphatic rings. The molecule has 90 valence electrons. The highest BCUT2D eigenvalue weighted by Crippen LogP contribution is 2.23. The molecule has 18 heavy (non-hydrogen) atoms. The Balaban J connectivity index is 2.23. The number of aromatic amines is 1. The first-order chi connectivity index (χ1) is 8.79. The fourth-order valence-electron chi connectivity index (χ4n) is 2.05. The third-order valence-electron chi connectivity index (χ3n) is 2.89. The third-order valence-corrected chi connectivity index (χ3v) is 2.89. The summed E-state index contributed by atoms with van der Waals surface area (Å²) in [4.78, 5) is 19.1. The van der Waals surface area contributed by atoms with Gasteiger partial charge in [-0.05, 0) is 30.5 Å². The summed E-state index contributed by atoms with van der Waals surface area (Å²) in [6.07, 6.45) is 1.76. The van der Waals surface area contributed by atoms with Crippen LogP contribution in [0.15, 0.2) is 36.5 Å². The van der Waals surface area contributed by atoms with Crippen molar-refractivity contribution in [2.45, 2.75) is 6.92 Å². The highest BCUT2D eigenvalue weighted by atomic mass is 16.5. The van der Waals surface area contributed by atoms with Crippen LogP contribution in [0.3, 0.4) is 0 Å². The molecule has 0 saturated carbocycles. The summed E-state index contributed by atoms with van der Waals surface area (Å²) in [5, 5.41) is 2.06. The highest BCUT2D eigenvalue weighted by molar-refractivity contribution is 6.05. The molecule has 0 radical (unpaired) electrons. The summed E-state index contributed by atoms with van der Waals surface area (Å²) < 4.78 is 4.98. The lowest BCUT2D eigenvalue weighted by Gasteiger charge is -2.05. The predicted molar refractivity (Wildman–Crippen MR) is 69.6 cm³/mol. The first-order valence-electron chi connectivity index (χ1n) is 5.83. The van der Waals surface area contributed by atoms with Crippen molar-refractivity contribution < 1.29 is 9.53 Å². The van der Waals surface area contributed by atoms with Crippen molar-refractivity contribution in [3.63, 3.8) is 0 Å². The van der Waals surface area contributed by atoms with Gasteiger partial charge in [-0.1, -0.05) is 12.1 Å². The molecule has 4 heteroatoms. The Labute approximate surface area is 104 Å². The fraction of sp³-hybridized carbons (Fsp3) is 0.143. The molecule has 0 unspecified atom stereocenters. The zero-order chi connectivity index (χ0) is 12.5. The molecule has 3 rings (SSSR count). The van der Waals surface area contributed by atoms with Gasteiger partial charge in [0, 0.05) is 11.6 Å². The van der Waals surface area contributed by atoms with Crippen LogP contribution >= 0.6 is 0 Å². The number of ether oxygens (including phenoxy) is 1. The highest BCUT2D eigenvalue weighted by Gasteiger charge is 2.09. The van der Waals surface area contributed by atoms with E-state index >= 15 is 0 Å². The molecule has 2 heterocycles. The topological polar surface area (TPSA) is 55.0 Å². The van der Waals surface area contributed by atoms with E-state index in [4.69, 9.17) is 4.74 Å². The van der Waals surface area contributed by atoms with Gasteiger partial charge in [0.15, 0.2) is 0 Å². The maximum atomic E-state index is 11.7. The maximum absolute atomic E-state index is 11.7. The van der Waals surface area contributed by atoms with E-state index in [1.54, 1.807) is 19.2 Å². The summed E-state index contributed by atoms with van der Waals surface area (Å²) in [7, 11) is 0. The van der Waals surface area contributed by atoms with Gasteiger partial charge in [-0.25, -0.2) is 4.79 Å². The molecule has 0 atom stereocenters. The molecule has 0 aliphatic heterocycles. The number of hydrogen-bond acceptors (Lipinski definition) is 3. The van der Waals surface area contributed by atoms with E-state index in [1.807, 2.05) is 24.3 Å². The molecule has 2 aromatic heterocycles. The van der Waals surface area contributed by atoms with Crippen LogP contribution in [0.2, 0.25) is 0 Å². The zero-order valence-corrected chi connectivity index (χ0v) is 9.93. The fourth-order valence-corrected chi connectivity index (χ4v) is 2.05. The summed E-state index contributed by atoms with van der Waals surface area (Å²) in [5.74, 6) is -0.337. The lowest BCUT2D eigenvalue weighted by Crippen LogP contribution is -2.06. The van der Waals surface area contributed by atoms with Crippen molar-refractivity contribution in [3.05, 3.63) is 42.2 Å². The number of rotatable bonds is 2. The van der Waals surface area contributed by atoms with Crippen LogP contribution in [0.4, 0.5) is 0 Å². The second kappa shape index (κ2) is 4.14. The van der Waals surface area contributed by atoms with Gasteiger partial charge in [-0.15, -0.1) is 0 Å². The van der Waals surface area contributed by atoms with E-state index in [1.165, 1.54) is 0 Å². The standard InChI is InChI=1S/C14H12N2O2/c1-2-18-14(17)12-6-4-9-3-5-11-10(7-8-15-11)13(9)16-12/h3-8,16H,2H2,1H3. The second-order valence-electron chi connectivity index (χ2n) is 4.00. The van der Waals surface area contributed by atoms with Crippen LogP contribution < -0.4 is 0 Å². The normalized spacial score (nSPS) is 10.9. The molecular formula is C14H12N2O2. The Morgan fingerprint density at radius 2 is 2.11 bits per heavy atom. The first kappa shape index (κ1) is 10.8. The van der Waals surface area contributed by atoms with Crippen LogP contribution in [0.5, 0.6) is 0 Å². The number of aromatic nitrogens is 2. The molecule has 0 aliphatic carbocycles. The van der Waals surface area contributed by atoms with Gasteiger partial charge in [0.2, 0.25) is 0 Å². The molecule has 1 N–H and O–H groups in total. The van der Waals surface area contributed by atoms with E-state index in [-0.39, 0.29) is 5.97 Å². The first-order valence-corrected chi connectivity index (χ1v) is 5.83. The zero-order valence-electron chi connectivity index (χ0n) is 9.93. The Hall–Kier alpha value is -2.36.